The third-order valence-electron chi connectivity index (χ3n) is 4.12. The summed E-state index contributed by atoms with van der Waals surface area (Å²) >= 11 is 0. The molecule has 0 spiro atoms. The van der Waals surface area contributed by atoms with Gasteiger partial charge in [0, 0.05) is 19.6 Å². The summed E-state index contributed by atoms with van der Waals surface area (Å²) in [4.78, 5) is 27.8. The van der Waals surface area contributed by atoms with E-state index in [-0.39, 0.29) is 24.2 Å². The molecular weight excluding hydrogens is 319 g/mol. The molecule has 0 N–H and O–H groups in total. The number of hydrogen-bond donors (Lipinski definition) is 0. The Morgan fingerprint density at radius 2 is 1.56 bits per heavy atom. The molecule has 25 heavy (non-hydrogen) atoms. The van der Waals surface area contributed by atoms with Gasteiger partial charge in [0.15, 0.2) is 0 Å². The van der Waals surface area contributed by atoms with Crippen molar-refractivity contribution < 1.29 is 14.0 Å². The number of hydrogen-bond acceptors (Lipinski definition) is 3. The first-order valence-corrected chi connectivity index (χ1v) is 8.09. The Bertz CT molecular complexity index is 780. The van der Waals surface area contributed by atoms with Gasteiger partial charge in [0.25, 0.3) is 11.8 Å². The summed E-state index contributed by atoms with van der Waals surface area (Å²) in [6, 6.07) is 13.3. The molecule has 5 heteroatoms. The van der Waals surface area contributed by atoms with E-state index in [4.69, 9.17) is 0 Å². The van der Waals surface area contributed by atoms with Gasteiger partial charge in [0.2, 0.25) is 0 Å². The fourth-order valence-corrected chi connectivity index (χ4v) is 2.81. The Hall–Kier alpha value is -2.79. The van der Waals surface area contributed by atoms with Gasteiger partial charge in [-0.2, -0.15) is 0 Å². The van der Waals surface area contributed by atoms with E-state index in [1.165, 1.54) is 17.0 Å². The van der Waals surface area contributed by atoms with Gasteiger partial charge >= 0.3 is 0 Å². The average Bonchev–Trinajstić information content (AvgIpc) is 2.86. The van der Waals surface area contributed by atoms with E-state index in [1.807, 2.05) is 19.2 Å². The van der Waals surface area contributed by atoms with Gasteiger partial charge in [-0.25, -0.2) is 4.39 Å². The highest BCUT2D eigenvalue weighted by Gasteiger charge is 2.33. The molecular formula is C20H19FN2O2. The highest BCUT2D eigenvalue weighted by atomic mass is 19.1. The van der Waals surface area contributed by atoms with E-state index in [0.717, 1.165) is 5.56 Å². The lowest BCUT2D eigenvalue weighted by molar-refractivity contribution is 0.0672. The molecule has 0 unspecified atom stereocenters. The lowest BCUT2D eigenvalue weighted by Crippen LogP contribution is -2.29. The summed E-state index contributed by atoms with van der Waals surface area (Å²) in [5.74, 6) is -0.734. The van der Waals surface area contributed by atoms with Crippen LogP contribution in [0.4, 0.5) is 4.39 Å². The van der Waals surface area contributed by atoms with Crippen LogP contribution < -0.4 is 0 Å². The molecule has 1 aliphatic rings. The van der Waals surface area contributed by atoms with Crippen molar-refractivity contribution in [2.24, 2.45) is 0 Å². The van der Waals surface area contributed by atoms with Crippen LogP contribution in [0.5, 0.6) is 0 Å². The van der Waals surface area contributed by atoms with Crippen molar-refractivity contribution in [2.45, 2.75) is 6.54 Å². The molecule has 0 radical (unpaired) electrons. The first kappa shape index (κ1) is 17.0. The molecule has 2 aromatic rings. The summed E-state index contributed by atoms with van der Waals surface area (Å²) in [6.07, 6.45) is 3.75. The molecule has 0 saturated heterocycles. The van der Waals surface area contributed by atoms with Crippen LogP contribution in [0.1, 0.15) is 26.3 Å². The maximum Gasteiger partial charge on any atom is 0.261 e. The molecule has 2 aromatic carbocycles. The molecule has 4 nitrogen and oxygen atoms in total. The van der Waals surface area contributed by atoms with Gasteiger partial charge in [-0.15, -0.1) is 0 Å². The lowest BCUT2D eigenvalue weighted by atomic mass is 10.1. The minimum atomic E-state index is -0.245. The van der Waals surface area contributed by atoms with E-state index in [1.54, 1.807) is 36.4 Å². The molecule has 1 heterocycles. The monoisotopic (exact) mass is 338 g/mol. The van der Waals surface area contributed by atoms with E-state index < -0.39 is 0 Å². The van der Waals surface area contributed by atoms with Crippen LogP contribution in [-0.4, -0.2) is 41.8 Å². The minimum Gasteiger partial charge on any atom is -0.298 e. The van der Waals surface area contributed by atoms with Crippen LogP contribution in [0, 0.1) is 5.82 Å². The third kappa shape index (κ3) is 3.83. The zero-order valence-electron chi connectivity index (χ0n) is 14.0. The number of likely N-dealkylation sites (N-methyl/N-ethyl adjacent to an activating group) is 1. The van der Waals surface area contributed by atoms with Gasteiger partial charge in [-0.05, 0) is 36.9 Å². The normalized spacial score (nSPS) is 14.0. The molecule has 3 rings (SSSR count). The zero-order chi connectivity index (χ0) is 17.8. The van der Waals surface area contributed by atoms with Crippen molar-refractivity contribution in [1.82, 2.24) is 9.80 Å². The molecule has 0 bridgehead atoms. The lowest BCUT2D eigenvalue weighted by Gasteiger charge is -2.15. The van der Waals surface area contributed by atoms with Crippen LogP contribution >= 0.6 is 0 Å². The standard InChI is InChI=1S/C20H19FN2O2/c1-22(14-15-8-10-16(21)11-9-15)12-4-5-13-23-19(24)17-6-2-3-7-18(17)20(23)25/h2-11H,12-14H2,1H3/b5-4+. The largest absolute Gasteiger partial charge is 0.298 e. The average molecular weight is 338 g/mol. The maximum atomic E-state index is 12.9. The second-order valence-electron chi connectivity index (χ2n) is 6.06. The summed E-state index contributed by atoms with van der Waals surface area (Å²) in [5, 5.41) is 0. The predicted octanol–water partition coefficient (Wildman–Crippen LogP) is 3.11. The summed E-state index contributed by atoms with van der Waals surface area (Å²) < 4.78 is 12.9. The van der Waals surface area contributed by atoms with Gasteiger partial charge in [0.1, 0.15) is 5.82 Å². The van der Waals surface area contributed by atoms with Gasteiger partial charge in [-0.1, -0.05) is 36.4 Å². The van der Waals surface area contributed by atoms with Gasteiger partial charge in [-0.3, -0.25) is 19.4 Å². The van der Waals surface area contributed by atoms with Crippen molar-refractivity contribution in [3.8, 4) is 0 Å². The van der Waals surface area contributed by atoms with Crippen molar-refractivity contribution in [1.29, 1.82) is 0 Å². The Labute approximate surface area is 146 Å². The SMILES string of the molecule is CN(C/C=C/CN1C(=O)c2ccccc2C1=O)Cc1ccc(F)cc1. The summed E-state index contributed by atoms with van der Waals surface area (Å²) in [7, 11) is 1.95. The zero-order valence-corrected chi connectivity index (χ0v) is 14.0. The fourth-order valence-electron chi connectivity index (χ4n) is 2.81. The van der Waals surface area contributed by atoms with E-state index in [9.17, 15) is 14.0 Å². The summed E-state index contributed by atoms with van der Waals surface area (Å²) in [6.45, 7) is 1.62. The van der Waals surface area contributed by atoms with Crippen LogP contribution in [-0.2, 0) is 6.54 Å². The maximum absolute atomic E-state index is 12.9. The first-order valence-electron chi connectivity index (χ1n) is 8.09. The Morgan fingerprint density at radius 1 is 0.960 bits per heavy atom. The highest BCUT2D eigenvalue weighted by molar-refractivity contribution is 6.21. The first-order chi connectivity index (χ1) is 12.1. The summed E-state index contributed by atoms with van der Waals surface area (Å²) in [5.41, 5.74) is 1.96. The minimum absolute atomic E-state index is 0.243. The number of carbonyl (C=O) groups is 2. The number of benzene rings is 2. The Balaban J connectivity index is 1.51. The fraction of sp³-hybridized carbons (Fsp3) is 0.200. The number of imide groups is 1. The smallest absolute Gasteiger partial charge is 0.261 e. The van der Waals surface area contributed by atoms with Crippen LogP contribution in [0.25, 0.3) is 0 Å². The number of amides is 2. The second-order valence-corrected chi connectivity index (χ2v) is 6.06. The number of fused-ring (bicyclic) bond motifs is 1. The number of rotatable bonds is 6. The molecule has 2 amide bonds. The van der Waals surface area contributed by atoms with Gasteiger partial charge in [0.05, 0.1) is 11.1 Å². The molecule has 0 atom stereocenters. The van der Waals surface area contributed by atoms with Crippen molar-refractivity contribution in [3.63, 3.8) is 0 Å². The van der Waals surface area contributed by atoms with E-state index >= 15 is 0 Å². The van der Waals surface area contributed by atoms with E-state index in [0.29, 0.717) is 24.2 Å². The van der Waals surface area contributed by atoms with Crippen molar-refractivity contribution in [3.05, 3.63) is 83.2 Å². The molecule has 0 aliphatic carbocycles. The molecule has 0 saturated carbocycles. The number of carbonyl (C=O) groups excluding carboxylic acids is 2. The van der Waals surface area contributed by atoms with Gasteiger partial charge < -0.3 is 0 Å². The Morgan fingerprint density at radius 3 is 2.16 bits per heavy atom. The number of halogens is 1. The number of nitrogens with zero attached hydrogens (tertiary/aromatic N) is 2. The molecule has 1 aliphatic heterocycles. The predicted molar refractivity (Wildman–Crippen MR) is 93.7 cm³/mol. The van der Waals surface area contributed by atoms with Crippen LogP contribution in [0.3, 0.4) is 0 Å². The van der Waals surface area contributed by atoms with E-state index in [2.05, 4.69) is 4.90 Å². The van der Waals surface area contributed by atoms with Crippen molar-refractivity contribution >= 4 is 11.8 Å². The van der Waals surface area contributed by atoms with Crippen molar-refractivity contribution in [2.75, 3.05) is 20.1 Å². The quantitative estimate of drug-likeness (QED) is 0.600. The molecule has 0 fully saturated rings. The Kier molecular flexibility index (Phi) is 5.05. The third-order valence-corrected chi connectivity index (χ3v) is 4.12. The van der Waals surface area contributed by atoms with Crippen LogP contribution in [0.2, 0.25) is 0 Å². The highest BCUT2D eigenvalue weighted by Crippen LogP contribution is 2.22. The second kappa shape index (κ2) is 7.40. The van der Waals surface area contributed by atoms with Crippen LogP contribution in [0.15, 0.2) is 60.7 Å². The molecule has 0 aromatic heterocycles. The topological polar surface area (TPSA) is 40.6 Å². The molecule has 128 valence electrons.